The molecule has 0 fully saturated rings. The average Bonchev–Trinajstić information content (AvgIpc) is 2.80. The smallest absolute Gasteiger partial charge is 0.205 e. The summed E-state index contributed by atoms with van der Waals surface area (Å²) >= 11 is 0. The van der Waals surface area contributed by atoms with Gasteiger partial charge in [0, 0.05) is 25.0 Å². The molecule has 0 saturated heterocycles. The Morgan fingerprint density at radius 1 is 0.880 bits per heavy atom. The highest BCUT2D eigenvalue weighted by Crippen LogP contribution is 2.35. The molecule has 132 valence electrons. The fourth-order valence-electron chi connectivity index (χ4n) is 3.47. The summed E-state index contributed by atoms with van der Waals surface area (Å²) in [4.78, 5) is 4.80. The van der Waals surface area contributed by atoms with Gasteiger partial charge in [0.05, 0.1) is 12.8 Å². The Kier molecular flexibility index (Phi) is 6.04. The minimum Gasteiger partial charge on any atom is -1.00 e. The number of quaternary nitrogens is 1. The van der Waals surface area contributed by atoms with E-state index in [1.807, 2.05) is 6.07 Å². The Hall–Kier alpha value is -2.10. The second-order valence-corrected chi connectivity index (χ2v) is 6.45. The molecule has 0 radical (unpaired) electrons. The van der Waals surface area contributed by atoms with Crippen LogP contribution in [0.15, 0.2) is 71.0 Å². The van der Waals surface area contributed by atoms with Crippen LogP contribution in [0.2, 0.25) is 0 Å². The van der Waals surface area contributed by atoms with E-state index >= 15 is 0 Å². The van der Waals surface area contributed by atoms with Gasteiger partial charge in [0.1, 0.15) is 24.5 Å². The van der Waals surface area contributed by atoms with Crippen LogP contribution in [0.4, 0.5) is 0 Å². The van der Waals surface area contributed by atoms with Crippen LogP contribution in [-0.2, 0) is 13.1 Å². The van der Waals surface area contributed by atoms with Gasteiger partial charge >= 0.3 is 0 Å². The molecule has 1 atom stereocenters. The third-order valence-electron chi connectivity index (χ3n) is 5.00. The molecule has 0 N–H and O–H groups in total. The minimum atomic E-state index is 0. The Bertz CT molecular complexity index is 799. The summed E-state index contributed by atoms with van der Waals surface area (Å²) in [5.74, 6) is 2.05. The molecule has 2 aromatic rings. The average molecular weight is 357 g/mol. The number of ether oxygens (including phenoxy) is 1. The fourth-order valence-corrected chi connectivity index (χ4v) is 3.47. The molecule has 1 aliphatic heterocycles. The van der Waals surface area contributed by atoms with E-state index in [1.54, 1.807) is 7.11 Å². The summed E-state index contributed by atoms with van der Waals surface area (Å²) in [6, 6.07) is 19.0. The van der Waals surface area contributed by atoms with E-state index in [2.05, 4.69) is 69.3 Å². The Morgan fingerprint density at radius 3 is 2.12 bits per heavy atom. The predicted molar refractivity (Wildman–Crippen MR) is 98.6 cm³/mol. The zero-order valence-corrected chi connectivity index (χ0v) is 16.0. The highest BCUT2D eigenvalue weighted by atomic mass is 35.5. The second-order valence-electron chi connectivity index (χ2n) is 6.45. The van der Waals surface area contributed by atoms with Crippen molar-refractivity contribution in [1.29, 1.82) is 0 Å². The molecule has 25 heavy (non-hydrogen) atoms. The van der Waals surface area contributed by atoms with Crippen molar-refractivity contribution in [2.24, 2.45) is 4.99 Å². The van der Waals surface area contributed by atoms with E-state index in [0.29, 0.717) is 0 Å². The summed E-state index contributed by atoms with van der Waals surface area (Å²) in [5, 5.41) is 0. The van der Waals surface area contributed by atoms with Gasteiger partial charge in [-0.3, -0.25) is 0 Å². The molecule has 1 heterocycles. The lowest BCUT2D eigenvalue weighted by molar-refractivity contribution is -0.829. The molecule has 0 spiro atoms. The lowest BCUT2D eigenvalue weighted by atomic mass is 10.1. The maximum Gasteiger partial charge on any atom is 0.205 e. The maximum absolute atomic E-state index is 5.40. The highest BCUT2D eigenvalue weighted by molar-refractivity contribution is 5.77. The third kappa shape index (κ3) is 3.78. The summed E-state index contributed by atoms with van der Waals surface area (Å²) in [5.41, 5.74) is 5.03. The molecular weight excluding hydrogens is 332 g/mol. The lowest BCUT2D eigenvalue weighted by Gasteiger charge is -2.35. The van der Waals surface area contributed by atoms with Crippen molar-refractivity contribution < 1.29 is 21.6 Å². The number of methoxy groups -OCH3 is 1. The van der Waals surface area contributed by atoms with Crippen molar-refractivity contribution in [3.8, 4) is 5.75 Å². The first kappa shape index (κ1) is 19.2. The molecular formula is C21H25ClN2O. The first-order chi connectivity index (χ1) is 11.5. The number of amidine groups is 1. The third-order valence-corrected chi connectivity index (χ3v) is 5.00. The molecule has 0 aliphatic carbocycles. The number of rotatable bonds is 5. The number of benzene rings is 2. The first-order valence-corrected chi connectivity index (χ1v) is 8.33. The van der Waals surface area contributed by atoms with Gasteiger partial charge in [0.25, 0.3) is 0 Å². The maximum atomic E-state index is 5.40. The molecule has 4 heteroatoms. The Morgan fingerprint density at radius 2 is 1.52 bits per heavy atom. The van der Waals surface area contributed by atoms with Gasteiger partial charge in [-0.05, 0) is 19.1 Å². The molecule has 3 nitrogen and oxygen atoms in total. The van der Waals surface area contributed by atoms with Gasteiger partial charge in [-0.2, -0.15) is 4.99 Å². The number of aliphatic imine (C=N–C) groups is 1. The number of hydrogen-bond donors (Lipinski definition) is 0. The monoisotopic (exact) mass is 356 g/mol. The van der Waals surface area contributed by atoms with E-state index < -0.39 is 0 Å². The number of halogens is 1. The summed E-state index contributed by atoms with van der Waals surface area (Å²) < 4.78 is 6.16. The van der Waals surface area contributed by atoms with Crippen LogP contribution in [0.3, 0.4) is 0 Å². The molecule has 3 rings (SSSR count). The zero-order chi connectivity index (χ0) is 17.2. The normalized spacial score (nSPS) is 19.4. The van der Waals surface area contributed by atoms with Gasteiger partial charge in [-0.15, -0.1) is 0 Å². The van der Waals surface area contributed by atoms with Crippen molar-refractivity contribution in [3.63, 3.8) is 0 Å². The summed E-state index contributed by atoms with van der Waals surface area (Å²) in [6.45, 7) is 8.25. The molecule has 0 bridgehead atoms. The second kappa shape index (κ2) is 7.85. The van der Waals surface area contributed by atoms with Crippen molar-refractivity contribution in [2.45, 2.75) is 33.9 Å². The predicted octanol–water partition coefficient (Wildman–Crippen LogP) is 1.90. The number of allylic oxidation sites excluding steroid dienone is 2. The van der Waals surface area contributed by atoms with E-state index in [1.165, 1.54) is 16.8 Å². The van der Waals surface area contributed by atoms with E-state index in [9.17, 15) is 0 Å². The van der Waals surface area contributed by atoms with Crippen molar-refractivity contribution in [1.82, 2.24) is 0 Å². The molecule has 0 aromatic heterocycles. The molecule has 1 aliphatic rings. The quantitative estimate of drug-likeness (QED) is 0.750. The Balaban J connectivity index is 0.00000225. The van der Waals surface area contributed by atoms with E-state index in [4.69, 9.17) is 9.73 Å². The van der Waals surface area contributed by atoms with Crippen LogP contribution >= 0.6 is 0 Å². The van der Waals surface area contributed by atoms with Crippen LogP contribution in [0.5, 0.6) is 5.75 Å². The number of nitrogens with zero attached hydrogens (tertiary/aromatic N) is 2. The van der Waals surface area contributed by atoms with Crippen LogP contribution in [0, 0.1) is 0 Å². The van der Waals surface area contributed by atoms with Gasteiger partial charge < -0.3 is 17.1 Å². The van der Waals surface area contributed by atoms with E-state index in [-0.39, 0.29) is 12.4 Å². The van der Waals surface area contributed by atoms with Crippen LogP contribution in [0.1, 0.15) is 31.9 Å². The lowest BCUT2D eigenvalue weighted by Crippen LogP contribution is -3.00. The zero-order valence-electron chi connectivity index (χ0n) is 15.3. The van der Waals surface area contributed by atoms with Gasteiger partial charge in [0.2, 0.25) is 5.84 Å². The molecule has 0 saturated carbocycles. The first-order valence-electron chi connectivity index (χ1n) is 8.33. The SMILES string of the molecule is COc1cccc(C[N+]2(Cc3ccccc3)C(C)=NC(C)=C2C)c1.[Cl-]. The fraction of sp³-hybridized carbons (Fsp3) is 0.286. The number of hydrogen-bond acceptors (Lipinski definition) is 2. The van der Waals surface area contributed by atoms with Crippen LogP contribution < -0.4 is 17.1 Å². The highest BCUT2D eigenvalue weighted by Gasteiger charge is 2.40. The molecule has 0 amide bonds. The van der Waals surface area contributed by atoms with Crippen molar-refractivity contribution in [2.75, 3.05) is 7.11 Å². The summed E-state index contributed by atoms with van der Waals surface area (Å²) in [6.07, 6.45) is 0. The largest absolute Gasteiger partial charge is 1.00 e. The van der Waals surface area contributed by atoms with Gasteiger partial charge in [-0.1, -0.05) is 42.5 Å². The van der Waals surface area contributed by atoms with Crippen molar-refractivity contribution >= 4 is 5.84 Å². The molecule has 1 unspecified atom stereocenters. The Labute approximate surface area is 156 Å². The van der Waals surface area contributed by atoms with Crippen LogP contribution in [0.25, 0.3) is 0 Å². The standard InChI is InChI=1S/C21H25N2O.ClH/c1-16-17(2)23(18(3)22-16,14-19-9-6-5-7-10-19)15-20-11-8-12-21(13-20)24-4;/h5-13H,14-15H2,1-4H3;1H/q+1;/p-1. The molecule has 2 aromatic carbocycles. The van der Waals surface area contributed by atoms with Crippen molar-refractivity contribution in [3.05, 3.63) is 77.1 Å². The van der Waals surface area contributed by atoms with Crippen LogP contribution in [-0.4, -0.2) is 17.4 Å². The topological polar surface area (TPSA) is 21.6 Å². The summed E-state index contributed by atoms with van der Waals surface area (Å²) in [7, 11) is 1.71. The van der Waals surface area contributed by atoms with Gasteiger partial charge in [0.15, 0.2) is 0 Å². The minimum absolute atomic E-state index is 0. The van der Waals surface area contributed by atoms with E-state index in [0.717, 1.165) is 34.9 Å². The van der Waals surface area contributed by atoms with Gasteiger partial charge in [-0.25, -0.2) is 4.48 Å².